The first-order valence-electron chi connectivity index (χ1n) is 5.57. The van der Waals surface area contributed by atoms with E-state index in [4.69, 9.17) is 0 Å². The van der Waals surface area contributed by atoms with Gasteiger partial charge in [-0.2, -0.15) is 0 Å². The third-order valence-electron chi connectivity index (χ3n) is 2.83. The summed E-state index contributed by atoms with van der Waals surface area (Å²) in [5.74, 6) is 0.0382. The van der Waals surface area contributed by atoms with E-state index in [-0.39, 0.29) is 23.4 Å². The lowest BCUT2D eigenvalue weighted by molar-refractivity contribution is -0.385. The van der Waals surface area contributed by atoms with E-state index < -0.39 is 4.92 Å². The number of carbonyl (C=O) groups excluding carboxylic acids is 1. The second-order valence-electron chi connectivity index (χ2n) is 4.45. The second kappa shape index (κ2) is 5.95. The standard InChI is InChI=1S/C12H15BrN2O3/c1-7(2)8(3)12(16)14-9-4-5-11(15(17)18)10(13)6-9/h4-8H,1-3H3,(H,14,16). The Bertz CT molecular complexity index is 474. The van der Waals surface area contributed by atoms with Gasteiger partial charge in [-0.25, -0.2) is 0 Å². The van der Waals surface area contributed by atoms with E-state index in [2.05, 4.69) is 21.2 Å². The van der Waals surface area contributed by atoms with Crippen molar-refractivity contribution in [3.05, 3.63) is 32.8 Å². The predicted molar refractivity (Wildman–Crippen MR) is 73.4 cm³/mol. The molecule has 0 saturated carbocycles. The van der Waals surface area contributed by atoms with Crippen LogP contribution >= 0.6 is 15.9 Å². The zero-order chi connectivity index (χ0) is 13.9. The molecule has 0 fully saturated rings. The average molecular weight is 315 g/mol. The summed E-state index contributed by atoms with van der Waals surface area (Å²) in [6.07, 6.45) is 0. The molecular formula is C12H15BrN2O3. The van der Waals surface area contributed by atoms with E-state index in [0.717, 1.165) is 0 Å². The zero-order valence-electron chi connectivity index (χ0n) is 10.4. The number of rotatable bonds is 4. The van der Waals surface area contributed by atoms with Crippen LogP contribution in [0.3, 0.4) is 0 Å². The van der Waals surface area contributed by atoms with Crippen molar-refractivity contribution in [3.8, 4) is 0 Å². The van der Waals surface area contributed by atoms with Gasteiger partial charge in [0.15, 0.2) is 0 Å². The monoisotopic (exact) mass is 314 g/mol. The lowest BCUT2D eigenvalue weighted by atomic mass is 9.97. The minimum Gasteiger partial charge on any atom is -0.326 e. The number of amides is 1. The maximum absolute atomic E-state index is 11.8. The van der Waals surface area contributed by atoms with Gasteiger partial charge in [-0.3, -0.25) is 14.9 Å². The van der Waals surface area contributed by atoms with Gasteiger partial charge in [0.2, 0.25) is 5.91 Å². The molecule has 1 rings (SSSR count). The molecule has 18 heavy (non-hydrogen) atoms. The van der Waals surface area contributed by atoms with Gasteiger partial charge >= 0.3 is 0 Å². The summed E-state index contributed by atoms with van der Waals surface area (Å²) in [6.45, 7) is 5.78. The molecule has 0 aliphatic heterocycles. The van der Waals surface area contributed by atoms with Crippen LogP contribution < -0.4 is 5.32 Å². The lowest BCUT2D eigenvalue weighted by Crippen LogP contribution is -2.24. The molecule has 1 atom stereocenters. The number of nitrogens with one attached hydrogen (secondary N) is 1. The molecule has 0 saturated heterocycles. The Balaban J connectivity index is 2.84. The molecule has 98 valence electrons. The molecule has 0 bridgehead atoms. The number of hydrogen-bond donors (Lipinski definition) is 1. The summed E-state index contributed by atoms with van der Waals surface area (Å²) in [5, 5.41) is 13.4. The average Bonchev–Trinajstić information content (AvgIpc) is 2.27. The van der Waals surface area contributed by atoms with Gasteiger partial charge in [0.05, 0.1) is 9.40 Å². The van der Waals surface area contributed by atoms with E-state index in [0.29, 0.717) is 10.2 Å². The number of halogens is 1. The van der Waals surface area contributed by atoms with Gasteiger partial charge in [-0.1, -0.05) is 20.8 Å². The highest BCUT2D eigenvalue weighted by atomic mass is 79.9. The maximum Gasteiger partial charge on any atom is 0.283 e. The normalized spacial score (nSPS) is 12.3. The van der Waals surface area contributed by atoms with Crippen molar-refractivity contribution in [2.24, 2.45) is 11.8 Å². The minimum absolute atomic E-state index is 0.0232. The Morgan fingerprint density at radius 2 is 2.00 bits per heavy atom. The number of nitro groups is 1. The Labute approximate surface area is 114 Å². The molecule has 0 radical (unpaired) electrons. The highest BCUT2D eigenvalue weighted by molar-refractivity contribution is 9.10. The summed E-state index contributed by atoms with van der Waals surface area (Å²) in [4.78, 5) is 22.0. The molecule has 1 N–H and O–H groups in total. The highest BCUT2D eigenvalue weighted by Gasteiger charge is 2.18. The third-order valence-corrected chi connectivity index (χ3v) is 3.46. The Morgan fingerprint density at radius 3 is 2.44 bits per heavy atom. The predicted octanol–water partition coefficient (Wildman–Crippen LogP) is 3.59. The van der Waals surface area contributed by atoms with Crippen molar-refractivity contribution in [3.63, 3.8) is 0 Å². The fourth-order valence-corrected chi connectivity index (χ4v) is 1.82. The molecule has 6 heteroatoms. The van der Waals surface area contributed by atoms with Gasteiger partial charge in [0, 0.05) is 17.7 Å². The van der Waals surface area contributed by atoms with Crippen LogP contribution in [0, 0.1) is 22.0 Å². The van der Waals surface area contributed by atoms with Crippen molar-refractivity contribution in [2.45, 2.75) is 20.8 Å². The van der Waals surface area contributed by atoms with Crippen LogP contribution in [0.25, 0.3) is 0 Å². The SMILES string of the molecule is CC(C)C(C)C(=O)Nc1ccc([N+](=O)[O-])c(Br)c1. The minimum atomic E-state index is -0.480. The van der Waals surface area contributed by atoms with Crippen LogP contribution in [0.1, 0.15) is 20.8 Å². The first-order chi connectivity index (χ1) is 8.32. The summed E-state index contributed by atoms with van der Waals surface area (Å²) in [7, 11) is 0. The van der Waals surface area contributed by atoms with Crippen molar-refractivity contribution in [1.82, 2.24) is 0 Å². The van der Waals surface area contributed by atoms with Crippen LogP contribution in [0.5, 0.6) is 0 Å². The third kappa shape index (κ3) is 3.53. The zero-order valence-corrected chi connectivity index (χ0v) is 12.0. The van der Waals surface area contributed by atoms with Crippen LogP contribution in [0.2, 0.25) is 0 Å². The molecule has 5 nitrogen and oxygen atoms in total. The van der Waals surface area contributed by atoms with Crippen LogP contribution in [-0.4, -0.2) is 10.8 Å². The largest absolute Gasteiger partial charge is 0.326 e. The number of anilines is 1. The van der Waals surface area contributed by atoms with Crippen LogP contribution in [0.4, 0.5) is 11.4 Å². The number of nitrogens with zero attached hydrogens (tertiary/aromatic N) is 1. The molecule has 0 aliphatic rings. The van der Waals surface area contributed by atoms with E-state index >= 15 is 0 Å². The Morgan fingerprint density at radius 1 is 1.39 bits per heavy atom. The number of nitro benzene ring substituents is 1. The van der Waals surface area contributed by atoms with Crippen molar-refractivity contribution < 1.29 is 9.72 Å². The quantitative estimate of drug-likeness (QED) is 0.682. The summed E-state index contributed by atoms with van der Waals surface area (Å²) in [6, 6.07) is 4.41. The van der Waals surface area contributed by atoms with Crippen LogP contribution in [-0.2, 0) is 4.79 Å². The van der Waals surface area contributed by atoms with Crippen molar-refractivity contribution in [2.75, 3.05) is 5.32 Å². The molecule has 0 aromatic heterocycles. The van der Waals surface area contributed by atoms with E-state index in [1.165, 1.54) is 18.2 Å². The Kier molecular flexibility index (Phi) is 4.84. The second-order valence-corrected chi connectivity index (χ2v) is 5.30. The first-order valence-corrected chi connectivity index (χ1v) is 6.37. The molecule has 0 spiro atoms. The fraction of sp³-hybridized carbons (Fsp3) is 0.417. The van der Waals surface area contributed by atoms with Gasteiger partial charge in [0.1, 0.15) is 0 Å². The smallest absolute Gasteiger partial charge is 0.283 e. The number of carbonyl (C=O) groups is 1. The maximum atomic E-state index is 11.8. The highest BCUT2D eigenvalue weighted by Crippen LogP contribution is 2.28. The van der Waals surface area contributed by atoms with Crippen molar-refractivity contribution >= 4 is 33.2 Å². The molecule has 1 amide bonds. The summed E-state index contributed by atoms with van der Waals surface area (Å²) >= 11 is 3.11. The molecular weight excluding hydrogens is 300 g/mol. The number of hydrogen-bond acceptors (Lipinski definition) is 3. The molecule has 1 aromatic carbocycles. The van der Waals surface area contributed by atoms with E-state index in [1.54, 1.807) is 0 Å². The van der Waals surface area contributed by atoms with Gasteiger partial charge in [0.25, 0.3) is 5.69 Å². The molecule has 0 heterocycles. The van der Waals surface area contributed by atoms with Crippen LogP contribution in [0.15, 0.2) is 22.7 Å². The van der Waals surface area contributed by atoms with Crippen molar-refractivity contribution in [1.29, 1.82) is 0 Å². The summed E-state index contributed by atoms with van der Waals surface area (Å²) in [5.41, 5.74) is 0.523. The Hall–Kier alpha value is -1.43. The fourth-order valence-electron chi connectivity index (χ4n) is 1.29. The van der Waals surface area contributed by atoms with E-state index in [1.807, 2.05) is 20.8 Å². The summed E-state index contributed by atoms with van der Waals surface area (Å²) < 4.78 is 0.350. The topological polar surface area (TPSA) is 72.2 Å². The molecule has 1 unspecified atom stereocenters. The van der Waals surface area contributed by atoms with Gasteiger partial charge < -0.3 is 5.32 Å². The number of benzene rings is 1. The van der Waals surface area contributed by atoms with E-state index in [9.17, 15) is 14.9 Å². The lowest BCUT2D eigenvalue weighted by Gasteiger charge is -2.15. The molecule has 1 aromatic rings. The van der Waals surface area contributed by atoms with Gasteiger partial charge in [-0.15, -0.1) is 0 Å². The van der Waals surface area contributed by atoms with Gasteiger partial charge in [-0.05, 0) is 34.0 Å². The molecule has 0 aliphatic carbocycles. The first kappa shape index (κ1) is 14.6.